The van der Waals surface area contributed by atoms with Crippen molar-refractivity contribution in [3.05, 3.63) is 72.9 Å². The molecule has 0 radical (unpaired) electrons. The van der Waals surface area contributed by atoms with Gasteiger partial charge in [-0.3, -0.25) is 0 Å². The smallest absolute Gasteiger partial charge is 0.399 e. The summed E-state index contributed by atoms with van der Waals surface area (Å²) in [4.78, 5) is 3.26. The van der Waals surface area contributed by atoms with Crippen molar-refractivity contribution in [2.24, 2.45) is 0 Å². The van der Waals surface area contributed by atoms with Crippen molar-refractivity contribution < 1.29 is 18.6 Å². The van der Waals surface area contributed by atoms with Gasteiger partial charge in [-0.25, -0.2) is 0 Å². The van der Waals surface area contributed by atoms with E-state index >= 15 is 0 Å². The first kappa shape index (κ1) is 26.1. The maximum absolute atomic E-state index is 6.08. The number of hydrogen-bond acceptors (Lipinski definition) is 4. The summed E-state index contributed by atoms with van der Waals surface area (Å²) in [5, 5.41) is 1.16. The summed E-state index contributed by atoms with van der Waals surface area (Å²) >= 11 is 0. The van der Waals surface area contributed by atoms with Gasteiger partial charge in [-0.15, -0.1) is 0 Å². The minimum Gasteiger partial charge on any atom is -0.399 e. The van der Waals surface area contributed by atoms with Crippen LogP contribution in [-0.4, -0.2) is 41.6 Å². The molecule has 1 aromatic carbocycles. The van der Waals surface area contributed by atoms with Crippen LogP contribution in [0, 0.1) is 0 Å². The molecular formula is C30H37B2NO4. The number of para-hydroxylation sites is 1. The Balaban J connectivity index is 0.000000152. The average Bonchev–Trinajstić information content (AvgIpc) is 3.47. The molecule has 0 amide bonds. The zero-order valence-corrected chi connectivity index (χ0v) is 23.2. The molecule has 0 atom stereocenters. The third-order valence-corrected chi connectivity index (χ3v) is 8.41. The molecule has 0 spiro atoms. The van der Waals surface area contributed by atoms with Crippen molar-refractivity contribution in [1.29, 1.82) is 0 Å². The van der Waals surface area contributed by atoms with Crippen LogP contribution >= 0.6 is 0 Å². The van der Waals surface area contributed by atoms with E-state index in [1.807, 2.05) is 24.4 Å². The van der Waals surface area contributed by atoms with Gasteiger partial charge in [-0.1, -0.05) is 60.7 Å². The Kier molecular flexibility index (Phi) is 6.35. The van der Waals surface area contributed by atoms with Gasteiger partial charge in [0.1, 0.15) is 0 Å². The molecule has 0 unspecified atom stereocenters. The Labute approximate surface area is 221 Å². The summed E-state index contributed by atoms with van der Waals surface area (Å²) in [7, 11) is -0.575. The molecule has 0 saturated carbocycles. The van der Waals surface area contributed by atoms with Crippen molar-refractivity contribution >= 4 is 36.1 Å². The summed E-state index contributed by atoms with van der Waals surface area (Å²) in [5.74, 6) is 0. The van der Waals surface area contributed by atoms with E-state index < -0.39 is 0 Å². The van der Waals surface area contributed by atoms with Crippen molar-refractivity contribution in [2.75, 3.05) is 0 Å². The highest BCUT2D eigenvalue weighted by molar-refractivity contribution is 6.65. The number of nitrogens with one attached hydrogen (secondary N) is 1. The molecule has 6 rings (SSSR count). The molecule has 192 valence electrons. The first-order valence-corrected chi connectivity index (χ1v) is 13.1. The lowest BCUT2D eigenvalue weighted by molar-refractivity contribution is 0.00578. The van der Waals surface area contributed by atoms with Crippen molar-refractivity contribution in [3.63, 3.8) is 0 Å². The number of aromatic nitrogens is 1. The van der Waals surface area contributed by atoms with Crippen LogP contribution in [0.2, 0.25) is 0 Å². The maximum Gasteiger partial charge on any atom is 0.497 e. The fourth-order valence-corrected chi connectivity index (χ4v) is 4.61. The lowest BCUT2D eigenvalue weighted by atomic mass is 9.79. The minimum atomic E-state index is -0.300. The van der Waals surface area contributed by atoms with Crippen LogP contribution in [0.1, 0.15) is 55.4 Å². The average molecular weight is 497 g/mol. The van der Waals surface area contributed by atoms with E-state index in [1.165, 1.54) is 11.1 Å². The summed E-state index contributed by atoms with van der Waals surface area (Å²) < 4.78 is 24.3. The summed E-state index contributed by atoms with van der Waals surface area (Å²) in [6.45, 7) is 16.6. The van der Waals surface area contributed by atoms with Gasteiger partial charge in [0.15, 0.2) is 0 Å². The lowest BCUT2D eigenvalue weighted by Crippen LogP contribution is -2.41. The van der Waals surface area contributed by atoms with Gasteiger partial charge in [0, 0.05) is 17.2 Å². The van der Waals surface area contributed by atoms with E-state index in [0.717, 1.165) is 21.8 Å². The summed E-state index contributed by atoms with van der Waals surface area (Å²) in [5.41, 5.74) is 4.56. The van der Waals surface area contributed by atoms with E-state index in [4.69, 9.17) is 18.6 Å². The maximum atomic E-state index is 6.08. The molecule has 4 aliphatic rings. The van der Waals surface area contributed by atoms with Gasteiger partial charge >= 0.3 is 14.2 Å². The van der Waals surface area contributed by atoms with Crippen LogP contribution < -0.4 is 10.9 Å². The largest absolute Gasteiger partial charge is 0.497 e. The standard InChI is InChI=1S/C16H19BO2.C14H18BNO2/c1-15(2)16(3,4)19-17(18-15)14-10-12-8-6-5-7-9-13(12)11-14;1-13(2)14(3,4)18-15(17-13)11-9-16-12-8-6-5-7-10(11)12/h5-11H,1-4H3;5-9,16H,1-4H3. The van der Waals surface area contributed by atoms with Crippen LogP contribution in [0.4, 0.5) is 0 Å². The van der Waals surface area contributed by atoms with E-state index in [9.17, 15) is 0 Å². The number of rotatable bonds is 2. The topological polar surface area (TPSA) is 52.7 Å². The molecule has 2 saturated heterocycles. The second-order valence-electron chi connectivity index (χ2n) is 12.1. The number of fused-ring (bicyclic) bond motifs is 2. The van der Waals surface area contributed by atoms with Gasteiger partial charge in [0.25, 0.3) is 0 Å². The number of benzene rings is 1. The Hall–Kier alpha value is -2.57. The monoisotopic (exact) mass is 497 g/mol. The van der Waals surface area contributed by atoms with Crippen LogP contribution in [0.5, 0.6) is 0 Å². The number of aromatic amines is 1. The predicted molar refractivity (Wildman–Crippen MR) is 153 cm³/mol. The van der Waals surface area contributed by atoms with Gasteiger partial charge < -0.3 is 23.6 Å². The molecular weight excluding hydrogens is 460 g/mol. The van der Waals surface area contributed by atoms with Crippen molar-refractivity contribution in [1.82, 2.24) is 4.98 Å². The zero-order valence-electron chi connectivity index (χ0n) is 23.2. The zero-order chi connectivity index (χ0) is 26.6. The van der Waals surface area contributed by atoms with Gasteiger partial charge in [0.05, 0.1) is 22.4 Å². The number of hydrogen-bond donors (Lipinski definition) is 1. The SMILES string of the molecule is CC1(C)OB(c2c[nH]c3ccccc23)OC1(C)C.CC1(C)OB(c2cc3cccccc-3c2)OC1(C)C. The van der Waals surface area contributed by atoms with Crippen LogP contribution in [0.3, 0.4) is 0 Å². The predicted octanol–water partition coefficient (Wildman–Crippen LogP) is 5.56. The highest BCUT2D eigenvalue weighted by Gasteiger charge is 2.53. The molecule has 2 aliphatic heterocycles. The Morgan fingerprint density at radius 3 is 1.57 bits per heavy atom. The molecule has 7 heteroatoms. The fourth-order valence-electron chi connectivity index (χ4n) is 4.61. The number of H-pyrrole nitrogens is 1. The van der Waals surface area contributed by atoms with E-state index in [2.05, 4.69) is 109 Å². The molecule has 2 aromatic rings. The third-order valence-electron chi connectivity index (χ3n) is 8.41. The molecule has 3 heterocycles. The van der Waals surface area contributed by atoms with E-state index in [-0.39, 0.29) is 36.6 Å². The minimum absolute atomic E-state index is 0.275. The molecule has 5 nitrogen and oxygen atoms in total. The molecule has 1 N–H and O–H groups in total. The fraction of sp³-hybridized carbons (Fsp3) is 0.400. The molecule has 37 heavy (non-hydrogen) atoms. The lowest BCUT2D eigenvalue weighted by Gasteiger charge is -2.32. The first-order chi connectivity index (χ1) is 17.3. The molecule has 0 bridgehead atoms. The van der Waals surface area contributed by atoms with Gasteiger partial charge in [-0.05, 0) is 83.4 Å². The van der Waals surface area contributed by atoms with Gasteiger partial charge in [-0.2, -0.15) is 0 Å². The van der Waals surface area contributed by atoms with E-state index in [1.54, 1.807) is 0 Å². The molecule has 1 aromatic heterocycles. The van der Waals surface area contributed by atoms with Crippen molar-refractivity contribution in [3.8, 4) is 11.1 Å². The van der Waals surface area contributed by atoms with Crippen LogP contribution in [-0.2, 0) is 18.6 Å². The van der Waals surface area contributed by atoms with Crippen molar-refractivity contribution in [2.45, 2.75) is 77.8 Å². The summed E-state index contributed by atoms with van der Waals surface area (Å²) in [6, 6.07) is 22.9. The highest BCUT2D eigenvalue weighted by atomic mass is 16.7. The Morgan fingerprint density at radius 1 is 0.568 bits per heavy atom. The van der Waals surface area contributed by atoms with Crippen LogP contribution in [0.15, 0.2) is 72.9 Å². The Bertz CT molecular complexity index is 1310. The second kappa shape index (κ2) is 9.02. The summed E-state index contributed by atoms with van der Waals surface area (Å²) in [6.07, 6.45) is 1.98. The normalized spacial score (nSPS) is 21.3. The quantitative estimate of drug-likeness (QED) is 0.369. The highest BCUT2D eigenvalue weighted by Crippen LogP contribution is 2.38. The third kappa shape index (κ3) is 4.74. The van der Waals surface area contributed by atoms with Crippen LogP contribution in [0.25, 0.3) is 22.0 Å². The molecule has 2 fully saturated rings. The Morgan fingerprint density at radius 2 is 1.03 bits per heavy atom. The van der Waals surface area contributed by atoms with Gasteiger partial charge in [0.2, 0.25) is 0 Å². The van der Waals surface area contributed by atoms with E-state index in [0.29, 0.717) is 0 Å². The molecule has 2 aliphatic carbocycles. The second-order valence-corrected chi connectivity index (χ2v) is 12.1. The first-order valence-electron chi connectivity index (χ1n) is 13.1.